The van der Waals surface area contributed by atoms with E-state index < -0.39 is 66.7 Å². The second-order valence-electron chi connectivity index (χ2n) is 10.0. The maximum Gasteiger partial charge on any atom is 0.322 e. The molecule has 2 aromatic carbocycles. The number of phenolic OH excluding ortho intramolecular Hbond substituents is 1. The molecule has 1 heterocycles. The minimum atomic E-state index is -1.25. The van der Waals surface area contributed by atoms with Crippen molar-refractivity contribution in [3.05, 3.63) is 65.7 Å². The molecule has 0 unspecified atom stereocenters. The Morgan fingerprint density at radius 3 is 2.14 bits per heavy atom. The molecule has 0 bridgehead atoms. The molecule has 5 amide bonds. The van der Waals surface area contributed by atoms with Crippen LogP contribution in [0.25, 0.3) is 0 Å². The molecule has 0 spiro atoms. The molecule has 230 valence electrons. The number of carboxylic acid groups (broad SMARTS) is 1. The van der Waals surface area contributed by atoms with Gasteiger partial charge in [0.2, 0.25) is 29.5 Å². The third-order valence-corrected chi connectivity index (χ3v) is 6.81. The third kappa shape index (κ3) is 10.1. The fraction of sp³-hybridized carbons (Fsp3) is 0.379. The SMILES string of the molecule is NCC(=O)N[C@@H](Cc1ccccc1)C(=O)N1CCC[C@H]1C(=O)N[C@@H](Cc1ccc(O)cc1)C(=O)NCC(=O)NCC(=O)O. The van der Waals surface area contributed by atoms with Crippen LogP contribution in [0.15, 0.2) is 54.6 Å². The number of aliphatic carboxylic acids is 1. The summed E-state index contributed by atoms with van der Waals surface area (Å²) in [6.45, 7) is -1.20. The van der Waals surface area contributed by atoms with Crippen molar-refractivity contribution in [3.63, 3.8) is 0 Å². The van der Waals surface area contributed by atoms with Gasteiger partial charge in [0.1, 0.15) is 30.4 Å². The quantitative estimate of drug-likeness (QED) is 0.133. The van der Waals surface area contributed by atoms with Crippen LogP contribution < -0.4 is 27.0 Å². The topological polar surface area (TPSA) is 220 Å². The van der Waals surface area contributed by atoms with Crippen LogP contribution in [-0.4, -0.2) is 94.9 Å². The molecule has 0 saturated carbocycles. The van der Waals surface area contributed by atoms with Crippen LogP contribution in [-0.2, 0) is 41.6 Å². The van der Waals surface area contributed by atoms with E-state index >= 15 is 0 Å². The molecule has 3 rings (SSSR count). The van der Waals surface area contributed by atoms with Crippen LogP contribution >= 0.6 is 0 Å². The summed E-state index contributed by atoms with van der Waals surface area (Å²) < 4.78 is 0. The first kappa shape index (κ1) is 32.5. The highest BCUT2D eigenvalue weighted by molar-refractivity contribution is 5.95. The van der Waals surface area contributed by atoms with Gasteiger partial charge in [0, 0.05) is 19.4 Å². The zero-order valence-corrected chi connectivity index (χ0v) is 23.5. The minimum absolute atomic E-state index is 0.00153. The zero-order valence-electron chi connectivity index (χ0n) is 23.5. The van der Waals surface area contributed by atoms with Crippen molar-refractivity contribution >= 4 is 35.5 Å². The lowest BCUT2D eigenvalue weighted by molar-refractivity contribution is -0.142. The number of hydrogen-bond acceptors (Lipinski definition) is 8. The number of nitrogens with zero attached hydrogens (tertiary/aromatic N) is 1. The summed E-state index contributed by atoms with van der Waals surface area (Å²) in [5.41, 5.74) is 6.87. The molecule has 0 radical (unpaired) electrons. The summed E-state index contributed by atoms with van der Waals surface area (Å²) >= 11 is 0. The van der Waals surface area contributed by atoms with Gasteiger partial charge in [0.15, 0.2) is 0 Å². The normalized spacial score (nSPS) is 15.6. The number of rotatable bonds is 14. The van der Waals surface area contributed by atoms with Gasteiger partial charge in [-0.15, -0.1) is 0 Å². The molecule has 1 saturated heterocycles. The number of nitrogens with one attached hydrogen (secondary N) is 4. The Balaban J connectivity index is 1.75. The van der Waals surface area contributed by atoms with Crippen LogP contribution in [0.3, 0.4) is 0 Å². The Labute approximate surface area is 248 Å². The molecular formula is C29H36N6O8. The maximum absolute atomic E-state index is 13.6. The number of likely N-dealkylation sites (tertiary alicyclic amines) is 1. The Hall–Kier alpha value is -4.98. The predicted molar refractivity (Wildman–Crippen MR) is 153 cm³/mol. The van der Waals surface area contributed by atoms with E-state index in [1.165, 1.54) is 17.0 Å². The summed E-state index contributed by atoms with van der Waals surface area (Å²) in [6.07, 6.45) is 1.03. The average molecular weight is 597 g/mol. The second kappa shape index (κ2) is 15.9. The largest absolute Gasteiger partial charge is 0.508 e. The number of nitrogens with two attached hydrogens (primary N) is 1. The summed E-state index contributed by atoms with van der Waals surface area (Å²) in [4.78, 5) is 76.4. The number of benzene rings is 2. The molecule has 43 heavy (non-hydrogen) atoms. The van der Waals surface area contributed by atoms with Gasteiger partial charge >= 0.3 is 5.97 Å². The maximum atomic E-state index is 13.6. The van der Waals surface area contributed by atoms with Crippen molar-refractivity contribution in [1.29, 1.82) is 0 Å². The van der Waals surface area contributed by atoms with Crippen molar-refractivity contribution < 1.29 is 39.0 Å². The smallest absolute Gasteiger partial charge is 0.322 e. The minimum Gasteiger partial charge on any atom is -0.508 e. The van der Waals surface area contributed by atoms with Crippen LogP contribution in [0.1, 0.15) is 24.0 Å². The van der Waals surface area contributed by atoms with Crippen LogP contribution in [0.5, 0.6) is 5.75 Å². The Kier molecular flexibility index (Phi) is 12.0. The van der Waals surface area contributed by atoms with E-state index in [0.717, 1.165) is 5.56 Å². The van der Waals surface area contributed by atoms with Gasteiger partial charge in [-0.25, -0.2) is 0 Å². The number of carboxylic acids is 1. The molecule has 0 aliphatic carbocycles. The van der Waals surface area contributed by atoms with Gasteiger partial charge in [-0.2, -0.15) is 0 Å². The van der Waals surface area contributed by atoms with E-state index in [2.05, 4.69) is 21.3 Å². The fourth-order valence-corrected chi connectivity index (χ4v) is 4.68. The van der Waals surface area contributed by atoms with Crippen LogP contribution in [0.4, 0.5) is 0 Å². The van der Waals surface area contributed by atoms with Crippen LogP contribution in [0.2, 0.25) is 0 Å². The van der Waals surface area contributed by atoms with Crippen molar-refractivity contribution in [3.8, 4) is 5.75 Å². The fourth-order valence-electron chi connectivity index (χ4n) is 4.68. The van der Waals surface area contributed by atoms with Crippen molar-refractivity contribution in [2.45, 2.75) is 43.8 Å². The first-order valence-corrected chi connectivity index (χ1v) is 13.8. The molecule has 3 atom stereocenters. The van der Waals surface area contributed by atoms with Gasteiger partial charge in [-0.05, 0) is 36.1 Å². The number of carbonyl (C=O) groups is 6. The van der Waals surface area contributed by atoms with Crippen molar-refractivity contribution in [1.82, 2.24) is 26.2 Å². The van der Waals surface area contributed by atoms with Crippen molar-refractivity contribution in [2.24, 2.45) is 5.73 Å². The monoisotopic (exact) mass is 596 g/mol. The number of carbonyl (C=O) groups excluding carboxylic acids is 5. The molecule has 1 aliphatic heterocycles. The van der Waals surface area contributed by atoms with Gasteiger partial charge in [-0.3, -0.25) is 28.8 Å². The lowest BCUT2D eigenvalue weighted by Gasteiger charge is -2.30. The summed E-state index contributed by atoms with van der Waals surface area (Å²) in [5.74, 6) is -4.26. The summed E-state index contributed by atoms with van der Waals surface area (Å²) in [5, 5.41) is 28.2. The van der Waals surface area contributed by atoms with Crippen LogP contribution in [0, 0.1) is 0 Å². The lowest BCUT2D eigenvalue weighted by atomic mass is 10.0. The Morgan fingerprint density at radius 2 is 1.49 bits per heavy atom. The highest BCUT2D eigenvalue weighted by Crippen LogP contribution is 2.20. The predicted octanol–water partition coefficient (Wildman–Crippen LogP) is -1.59. The zero-order chi connectivity index (χ0) is 31.4. The molecule has 0 aromatic heterocycles. The van der Waals surface area contributed by atoms with E-state index in [0.29, 0.717) is 18.4 Å². The van der Waals surface area contributed by atoms with Crippen molar-refractivity contribution in [2.75, 3.05) is 26.2 Å². The Morgan fingerprint density at radius 1 is 0.837 bits per heavy atom. The van der Waals surface area contributed by atoms with Gasteiger partial charge in [0.05, 0.1) is 13.1 Å². The molecule has 1 aliphatic rings. The van der Waals surface area contributed by atoms with E-state index in [-0.39, 0.29) is 31.7 Å². The Bertz CT molecular complexity index is 1300. The molecule has 14 nitrogen and oxygen atoms in total. The van der Waals surface area contributed by atoms with Gasteiger partial charge < -0.3 is 42.1 Å². The molecule has 1 fully saturated rings. The lowest BCUT2D eigenvalue weighted by Crippen LogP contribution is -2.57. The third-order valence-electron chi connectivity index (χ3n) is 6.81. The molecule has 8 N–H and O–H groups in total. The van der Waals surface area contributed by atoms with E-state index in [9.17, 15) is 33.9 Å². The number of hydrogen-bond donors (Lipinski definition) is 7. The highest BCUT2D eigenvalue weighted by atomic mass is 16.4. The standard InChI is InChI=1S/C29H36N6O8/c30-15-24(37)33-22(14-18-5-2-1-3-6-18)29(43)35-12-4-7-23(35)28(42)34-21(13-19-8-10-20(36)11-9-19)27(41)32-16-25(38)31-17-26(39)40/h1-3,5-6,8-11,21-23,36H,4,7,12-17,30H2,(H,31,38)(H,32,41)(H,33,37)(H,34,42)(H,39,40)/t21-,22-,23-/m0/s1. The van der Waals surface area contributed by atoms with E-state index in [4.69, 9.17) is 10.8 Å². The molecule has 2 aromatic rings. The first-order chi connectivity index (χ1) is 20.6. The second-order valence-corrected chi connectivity index (χ2v) is 10.0. The number of aromatic hydroxyl groups is 1. The van der Waals surface area contributed by atoms with E-state index in [1.807, 2.05) is 30.3 Å². The number of amides is 5. The first-order valence-electron chi connectivity index (χ1n) is 13.8. The molecule has 14 heteroatoms. The average Bonchev–Trinajstić information content (AvgIpc) is 3.49. The summed E-state index contributed by atoms with van der Waals surface area (Å²) in [6, 6.07) is 12.0. The highest BCUT2D eigenvalue weighted by Gasteiger charge is 2.39. The molecular weight excluding hydrogens is 560 g/mol. The van der Waals surface area contributed by atoms with Gasteiger partial charge in [0.25, 0.3) is 0 Å². The van der Waals surface area contributed by atoms with Gasteiger partial charge in [-0.1, -0.05) is 42.5 Å². The summed E-state index contributed by atoms with van der Waals surface area (Å²) in [7, 11) is 0. The number of phenols is 1. The van der Waals surface area contributed by atoms with E-state index in [1.54, 1.807) is 12.1 Å².